The van der Waals surface area contributed by atoms with Gasteiger partial charge in [-0.15, -0.1) is 0 Å². The normalized spacial score (nSPS) is 14.7. The molecule has 1 aromatic carbocycles. The summed E-state index contributed by atoms with van der Waals surface area (Å²) < 4.78 is 4.93. The molecule has 112 valence electrons. The van der Waals surface area contributed by atoms with Crippen LogP contribution in [-0.4, -0.2) is 25.7 Å². The third kappa shape index (κ3) is 4.62. The van der Waals surface area contributed by atoms with Gasteiger partial charge < -0.3 is 15.8 Å². The highest BCUT2D eigenvalue weighted by atomic mass is 16.5. The Balaban J connectivity index is 2.95. The molecule has 3 N–H and O–H groups in total. The van der Waals surface area contributed by atoms with Crippen molar-refractivity contribution in [3.63, 3.8) is 0 Å². The highest BCUT2D eigenvalue weighted by molar-refractivity contribution is 5.82. The van der Waals surface area contributed by atoms with E-state index >= 15 is 0 Å². The van der Waals surface area contributed by atoms with Gasteiger partial charge in [-0.1, -0.05) is 50.6 Å². The lowest BCUT2D eigenvalue weighted by Gasteiger charge is -2.33. The molecule has 2 atom stereocenters. The van der Waals surface area contributed by atoms with Crippen LogP contribution in [0.2, 0.25) is 0 Å². The smallest absolute Gasteiger partial charge is 0.239 e. The van der Waals surface area contributed by atoms with Crippen molar-refractivity contribution in [2.45, 2.75) is 39.8 Å². The predicted molar refractivity (Wildman–Crippen MR) is 81.4 cm³/mol. The fourth-order valence-corrected chi connectivity index (χ4v) is 2.15. The van der Waals surface area contributed by atoms with Crippen molar-refractivity contribution in [2.24, 2.45) is 11.1 Å². The second-order valence-corrected chi connectivity index (χ2v) is 6.28. The van der Waals surface area contributed by atoms with Crippen LogP contribution < -0.4 is 11.1 Å². The fraction of sp³-hybridized carbons (Fsp3) is 0.562. The van der Waals surface area contributed by atoms with E-state index in [2.05, 4.69) is 32.2 Å². The Bertz CT molecular complexity index is 452. The van der Waals surface area contributed by atoms with E-state index in [1.807, 2.05) is 25.1 Å². The molecule has 0 bridgehead atoms. The Morgan fingerprint density at radius 2 is 2.05 bits per heavy atom. The summed E-state index contributed by atoms with van der Waals surface area (Å²) in [6.07, 6.45) is 0. The number of rotatable bonds is 5. The molecule has 0 aromatic heterocycles. The molecule has 0 radical (unpaired) electrons. The topological polar surface area (TPSA) is 64.3 Å². The Morgan fingerprint density at radius 3 is 2.55 bits per heavy atom. The van der Waals surface area contributed by atoms with Crippen LogP contribution in [0.5, 0.6) is 0 Å². The van der Waals surface area contributed by atoms with Gasteiger partial charge in [0, 0.05) is 7.11 Å². The van der Waals surface area contributed by atoms with Crippen molar-refractivity contribution in [2.75, 3.05) is 13.7 Å². The Morgan fingerprint density at radius 1 is 1.40 bits per heavy atom. The molecule has 0 saturated heterocycles. The summed E-state index contributed by atoms with van der Waals surface area (Å²) in [6.45, 7) is 8.56. The summed E-state index contributed by atoms with van der Waals surface area (Å²) in [5.74, 6) is -0.187. The number of hydrogen-bond acceptors (Lipinski definition) is 3. The first kappa shape index (κ1) is 16.7. The minimum absolute atomic E-state index is 0.0854. The van der Waals surface area contributed by atoms with Gasteiger partial charge in [0.1, 0.15) is 6.04 Å². The molecule has 0 saturated carbocycles. The molecule has 2 unspecified atom stereocenters. The highest BCUT2D eigenvalue weighted by Gasteiger charge is 2.29. The van der Waals surface area contributed by atoms with Crippen molar-refractivity contribution in [3.05, 3.63) is 35.4 Å². The van der Waals surface area contributed by atoms with E-state index in [0.717, 1.165) is 5.56 Å². The first-order chi connectivity index (χ1) is 9.25. The van der Waals surface area contributed by atoms with Gasteiger partial charge in [0.15, 0.2) is 0 Å². The van der Waals surface area contributed by atoms with Crippen LogP contribution >= 0.6 is 0 Å². The van der Waals surface area contributed by atoms with Gasteiger partial charge >= 0.3 is 0 Å². The average Bonchev–Trinajstić information content (AvgIpc) is 2.34. The number of nitrogens with one attached hydrogen (secondary N) is 1. The lowest BCUT2D eigenvalue weighted by molar-refractivity contribution is -0.125. The van der Waals surface area contributed by atoms with Crippen molar-refractivity contribution in [3.8, 4) is 0 Å². The number of methoxy groups -OCH3 is 1. The second kappa shape index (κ2) is 6.86. The van der Waals surface area contributed by atoms with Gasteiger partial charge in [-0.2, -0.15) is 0 Å². The van der Waals surface area contributed by atoms with Crippen molar-refractivity contribution >= 4 is 5.91 Å². The Labute approximate surface area is 121 Å². The Kier molecular flexibility index (Phi) is 5.72. The summed E-state index contributed by atoms with van der Waals surface area (Å²) >= 11 is 0. The first-order valence-electron chi connectivity index (χ1n) is 6.87. The maximum absolute atomic E-state index is 12.1. The number of benzene rings is 1. The summed E-state index contributed by atoms with van der Waals surface area (Å²) in [7, 11) is 1.54. The maximum atomic E-state index is 12.1. The van der Waals surface area contributed by atoms with Gasteiger partial charge in [0.2, 0.25) is 5.91 Å². The maximum Gasteiger partial charge on any atom is 0.239 e. The van der Waals surface area contributed by atoms with E-state index in [1.54, 1.807) is 0 Å². The molecule has 1 rings (SSSR count). The Hall–Kier alpha value is -1.39. The van der Waals surface area contributed by atoms with E-state index in [0.29, 0.717) is 0 Å². The molecule has 0 heterocycles. The van der Waals surface area contributed by atoms with Crippen LogP contribution in [0.4, 0.5) is 0 Å². The van der Waals surface area contributed by atoms with Crippen LogP contribution in [0, 0.1) is 12.3 Å². The summed E-state index contributed by atoms with van der Waals surface area (Å²) in [5.41, 5.74) is 7.96. The van der Waals surface area contributed by atoms with Crippen LogP contribution in [0.25, 0.3) is 0 Å². The molecule has 20 heavy (non-hydrogen) atoms. The van der Waals surface area contributed by atoms with E-state index < -0.39 is 6.04 Å². The fourth-order valence-electron chi connectivity index (χ4n) is 2.15. The molecule has 1 amide bonds. The summed E-state index contributed by atoms with van der Waals surface area (Å²) in [5, 5.41) is 3.04. The number of ether oxygens (including phenoxy) is 1. The van der Waals surface area contributed by atoms with Gasteiger partial charge in [-0.05, 0) is 17.9 Å². The van der Waals surface area contributed by atoms with E-state index in [9.17, 15) is 4.79 Å². The first-order valence-corrected chi connectivity index (χ1v) is 6.87. The molecule has 0 aliphatic rings. The lowest BCUT2D eigenvalue weighted by Crippen LogP contribution is -2.47. The standard InChI is InChI=1S/C16H26N2O2/c1-11-7-6-8-12(9-11)14(16(2,3)4)18-15(19)13(17)10-20-5/h6-9,13-14H,10,17H2,1-5H3,(H,18,19). The van der Waals surface area contributed by atoms with Gasteiger partial charge in [0.05, 0.1) is 12.6 Å². The zero-order valence-electron chi connectivity index (χ0n) is 13.1. The number of nitrogens with two attached hydrogens (primary N) is 1. The van der Waals surface area contributed by atoms with Crippen LogP contribution in [0.3, 0.4) is 0 Å². The van der Waals surface area contributed by atoms with E-state index in [1.165, 1.54) is 12.7 Å². The second-order valence-electron chi connectivity index (χ2n) is 6.28. The van der Waals surface area contributed by atoms with Gasteiger partial charge in [-0.25, -0.2) is 0 Å². The molecule has 0 aliphatic carbocycles. The molecule has 0 aliphatic heterocycles. The van der Waals surface area contributed by atoms with Crippen molar-refractivity contribution in [1.82, 2.24) is 5.32 Å². The number of amides is 1. The van der Waals surface area contributed by atoms with E-state index in [4.69, 9.17) is 10.5 Å². The SMILES string of the molecule is COCC(N)C(=O)NC(c1cccc(C)c1)C(C)(C)C. The molecule has 0 fully saturated rings. The number of aryl methyl sites for hydroxylation is 1. The van der Waals surface area contributed by atoms with Crippen LogP contribution in [-0.2, 0) is 9.53 Å². The molecule has 0 spiro atoms. The zero-order valence-corrected chi connectivity index (χ0v) is 13.1. The number of hydrogen-bond donors (Lipinski definition) is 2. The molecule has 1 aromatic rings. The number of carbonyl (C=O) groups is 1. The molecule has 4 nitrogen and oxygen atoms in total. The third-order valence-corrected chi connectivity index (χ3v) is 3.21. The van der Waals surface area contributed by atoms with Gasteiger partial charge in [-0.3, -0.25) is 4.79 Å². The van der Waals surface area contributed by atoms with E-state index in [-0.39, 0.29) is 24.0 Å². The number of carbonyl (C=O) groups excluding carboxylic acids is 1. The van der Waals surface area contributed by atoms with Crippen molar-refractivity contribution in [1.29, 1.82) is 0 Å². The minimum atomic E-state index is -0.644. The molecule has 4 heteroatoms. The quantitative estimate of drug-likeness (QED) is 0.867. The minimum Gasteiger partial charge on any atom is -0.383 e. The average molecular weight is 278 g/mol. The summed E-state index contributed by atoms with van der Waals surface area (Å²) in [6, 6.07) is 7.45. The van der Waals surface area contributed by atoms with Gasteiger partial charge in [0.25, 0.3) is 0 Å². The van der Waals surface area contributed by atoms with Crippen LogP contribution in [0.1, 0.15) is 37.9 Å². The molecular formula is C16H26N2O2. The molecular weight excluding hydrogens is 252 g/mol. The van der Waals surface area contributed by atoms with Crippen molar-refractivity contribution < 1.29 is 9.53 Å². The van der Waals surface area contributed by atoms with Crippen LogP contribution in [0.15, 0.2) is 24.3 Å². The largest absolute Gasteiger partial charge is 0.383 e. The third-order valence-electron chi connectivity index (χ3n) is 3.21. The predicted octanol–water partition coefficient (Wildman–Crippen LogP) is 2.17. The highest BCUT2D eigenvalue weighted by Crippen LogP contribution is 2.33. The summed E-state index contributed by atoms with van der Waals surface area (Å²) in [4.78, 5) is 12.1. The monoisotopic (exact) mass is 278 g/mol. The lowest BCUT2D eigenvalue weighted by atomic mass is 9.82. The zero-order chi connectivity index (χ0) is 15.3.